The van der Waals surface area contributed by atoms with Gasteiger partial charge in [0, 0.05) is 44.9 Å². The van der Waals surface area contributed by atoms with E-state index < -0.39 is 0 Å². The van der Waals surface area contributed by atoms with E-state index in [1.54, 1.807) is 18.4 Å². The summed E-state index contributed by atoms with van der Waals surface area (Å²) in [6.45, 7) is 1.40. The number of rotatable bonds is 6. The van der Waals surface area contributed by atoms with E-state index in [1.807, 2.05) is 37.2 Å². The molecule has 6 nitrogen and oxygen atoms in total. The van der Waals surface area contributed by atoms with Crippen molar-refractivity contribution in [2.75, 3.05) is 32.6 Å². The summed E-state index contributed by atoms with van der Waals surface area (Å²) < 4.78 is 5.82. The van der Waals surface area contributed by atoms with Crippen LogP contribution in [0, 0.1) is 0 Å². The van der Waals surface area contributed by atoms with Crippen molar-refractivity contribution in [2.45, 2.75) is 13.0 Å². The van der Waals surface area contributed by atoms with Crippen molar-refractivity contribution >= 4 is 33.4 Å². The first-order chi connectivity index (χ1) is 12.2. The van der Waals surface area contributed by atoms with Crippen LogP contribution in [-0.2, 0) is 13.0 Å². The van der Waals surface area contributed by atoms with Gasteiger partial charge in [-0.3, -0.25) is 4.99 Å². The smallest absolute Gasteiger partial charge is 0.191 e. The van der Waals surface area contributed by atoms with Gasteiger partial charge in [-0.15, -0.1) is 11.3 Å². The number of aliphatic imine (C=N–C) groups is 1. The largest absolute Gasteiger partial charge is 0.461 e. The Bertz CT molecular complexity index is 819. The Morgan fingerprint density at radius 3 is 2.84 bits per heavy atom. The number of hydrogen-bond acceptors (Lipinski definition) is 5. The highest BCUT2D eigenvalue weighted by Gasteiger charge is 2.06. The van der Waals surface area contributed by atoms with Crippen LogP contribution in [0.1, 0.15) is 11.5 Å². The summed E-state index contributed by atoms with van der Waals surface area (Å²) in [6, 6.07) is 10.1. The van der Waals surface area contributed by atoms with Crippen molar-refractivity contribution in [3.63, 3.8) is 0 Å². The van der Waals surface area contributed by atoms with Crippen LogP contribution in [0.2, 0.25) is 0 Å². The Kier molecular flexibility index (Phi) is 5.55. The standard InChI is InChI=1S/C18H23N5OS/c1-19-17(21-11-14-12-25-18(22-14)23(2)3)20-9-8-15-10-13-6-4-5-7-16(13)24-15/h4-7,10,12H,8-9,11H2,1-3H3,(H2,19,20,21). The van der Waals surface area contributed by atoms with Crippen LogP contribution in [0.15, 0.2) is 45.1 Å². The van der Waals surface area contributed by atoms with Crippen LogP contribution in [0.3, 0.4) is 0 Å². The fourth-order valence-corrected chi connectivity index (χ4v) is 3.20. The number of anilines is 1. The monoisotopic (exact) mass is 357 g/mol. The minimum absolute atomic E-state index is 0.647. The maximum absolute atomic E-state index is 5.82. The van der Waals surface area contributed by atoms with Crippen molar-refractivity contribution in [2.24, 2.45) is 4.99 Å². The van der Waals surface area contributed by atoms with E-state index in [2.05, 4.69) is 38.1 Å². The summed E-state index contributed by atoms with van der Waals surface area (Å²) in [5.74, 6) is 1.73. The molecule has 2 heterocycles. The number of furan rings is 1. The van der Waals surface area contributed by atoms with Gasteiger partial charge in [0.15, 0.2) is 11.1 Å². The SMILES string of the molecule is CN=C(NCCc1cc2ccccc2o1)NCc1csc(N(C)C)n1. The van der Waals surface area contributed by atoms with Crippen LogP contribution in [-0.4, -0.2) is 38.6 Å². The van der Waals surface area contributed by atoms with Gasteiger partial charge in [-0.05, 0) is 12.1 Å². The molecule has 3 rings (SSSR count). The molecule has 0 spiro atoms. The molecule has 2 aromatic heterocycles. The number of nitrogens with one attached hydrogen (secondary N) is 2. The molecule has 0 aliphatic carbocycles. The molecular formula is C18H23N5OS. The molecule has 3 aromatic rings. The maximum atomic E-state index is 5.82. The molecule has 0 atom stereocenters. The molecule has 7 heteroatoms. The van der Waals surface area contributed by atoms with E-state index in [-0.39, 0.29) is 0 Å². The lowest BCUT2D eigenvalue weighted by atomic mass is 10.2. The molecule has 132 valence electrons. The lowest BCUT2D eigenvalue weighted by molar-refractivity contribution is 0.544. The van der Waals surface area contributed by atoms with Crippen molar-refractivity contribution in [1.29, 1.82) is 0 Å². The zero-order chi connectivity index (χ0) is 17.6. The second kappa shape index (κ2) is 8.02. The number of para-hydroxylation sites is 1. The van der Waals surface area contributed by atoms with Crippen LogP contribution in [0.5, 0.6) is 0 Å². The Labute approximate surface area is 151 Å². The summed E-state index contributed by atoms with van der Waals surface area (Å²) in [7, 11) is 5.76. The summed E-state index contributed by atoms with van der Waals surface area (Å²) in [5, 5.41) is 10.8. The number of fused-ring (bicyclic) bond motifs is 1. The number of thiazole rings is 1. The fraction of sp³-hybridized carbons (Fsp3) is 0.333. The molecule has 0 fully saturated rings. The van der Waals surface area contributed by atoms with Crippen molar-refractivity contribution in [3.05, 3.63) is 47.2 Å². The predicted octanol–water partition coefficient (Wildman–Crippen LogP) is 2.86. The predicted molar refractivity (Wildman–Crippen MR) is 105 cm³/mol. The molecule has 1 aromatic carbocycles. The minimum Gasteiger partial charge on any atom is -0.461 e. The lowest BCUT2D eigenvalue weighted by Gasteiger charge is -2.10. The highest BCUT2D eigenvalue weighted by Crippen LogP contribution is 2.19. The molecule has 0 radical (unpaired) electrons. The number of benzene rings is 1. The third kappa shape index (κ3) is 4.51. The van der Waals surface area contributed by atoms with Crippen LogP contribution in [0.4, 0.5) is 5.13 Å². The Hall–Kier alpha value is -2.54. The first kappa shape index (κ1) is 17.3. The number of guanidine groups is 1. The third-order valence-corrected chi connectivity index (χ3v) is 4.78. The molecule has 0 aliphatic rings. The summed E-state index contributed by atoms with van der Waals surface area (Å²) in [4.78, 5) is 10.8. The van der Waals surface area contributed by atoms with Crippen LogP contribution in [0.25, 0.3) is 11.0 Å². The summed E-state index contributed by atoms with van der Waals surface area (Å²) >= 11 is 1.64. The van der Waals surface area contributed by atoms with Gasteiger partial charge in [-0.1, -0.05) is 18.2 Å². The topological polar surface area (TPSA) is 65.7 Å². The molecule has 0 saturated carbocycles. The number of hydrogen-bond donors (Lipinski definition) is 2. The van der Waals surface area contributed by atoms with Crippen molar-refractivity contribution < 1.29 is 4.42 Å². The zero-order valence-corrected chi connectivity index (χ0v) is 15.6. The quantitative estimate of drug-likeness (QED) is 0.525. The molecular weight excluding hydrogens is 334 g/mol. The van der Waals surface area contributed by atoms with Gasteiger partial charge >= 0.3 is 0 Å². The van der Waals surface area contributed by atoms with E-state index in [1.165, 1.54) is 0 Å². The van der Waals surface area contributed by atoms with E-state index in [9.17, 15) is 0 Å². The van der Waals surface area contributed by atoms with E-state index in [0.29, 0.717) is 6.54 Å². The molecule has 0 aliphatic heterocycles. The highest BCUT2D eigenvalue weighted by atomic mass is 32.1. The van der Waals surface area contributed by atoms with E-state index >= 15 is 0 Å². The van der Waals surface area contributed by atoms with Gasteiger partial charge in [0.05, 0.1) is 12.2 Å². The van der Waals surface area contributed by atoms with Crippen LogP contribution >= 0.6 is 11.3 Å². The van der Waals surface area contributed by atoms with Crippen molar-refractivity contribution in [3.8, 4) is 0 Å². The van der Waals surface area contributed by atoms with Gasteiger partial charge in [-0.2, -0.15) is 0 Å². The first-order valence-electron chi connectivity index (χ1n) is 8.19. The van der Waals surface area contributed by atoms with Gasteiger partial charge in [0.2, 0.25) is 0 Å². The molecule has 2 N–H and O–H groups in total. The Morgan fingerprint density at radius 2 is 2.12 bits per heavy atom. The van der Waals surface area contributed by atoms with Crippen LogP contribution < -0.4 is 15.5 Å². The summed E-state index contributed by atoms with van der Waals surface area (Å²) in [5.41, 5.74) is 1.94. The highest BCUT2D eigenvalue weighted by molar-refractivity contribution is 7.13. The van der Waals surface area contributed by atoms with Gasteiger partial charge < -0.3 is 20.0 Å². The molecule has 0 bridgehead atoms. The average Bonchev–Trinajstić information content (AvgIpc) is 3.24. The fourth-order valence-electron chi connectivity index (χ4n) is 2.44. The molecule has 0 amide bonds. The van der Waals surface area contributed by atoms with Crippen molar-refractivity contribution in [1.82, 2.24) is 15.6 Å². The second-order valence-corrected chi connectivity index (χ2v) is 6.71. The number of nitrogens with zero attached hydrogens (tertiary/aromatic N) is 3. The second-order valence-electron chi connectivity index (χ2n) is 5.87. The zero-order valence-electron chi connectivity index (χ0n) is 14.7. The van der Waals surface area contributed by atoms with E-state index in [0.717, 1.165) is 46.5 Å². The van der Waals surface area contributed by atoms with Gasteiger partial charge in [0.25, 0.3) is 0 Å². The van der Waals surface area contributed by atoms with Gasteiger partial charge in [0.1, 0.15) is 11.3 Å². The maximum Gasteiger partial charge on any atom is 0.191 e. The lowest BCUT2D eigenvalue weighted by Crippen LogP contribution is -2.37. The number of aromatic nitrogens is 1. The summed E-state index contributed by atoms with van der Waals surface area (Å²) in [6.07, 6.45) is 0.802. The third-order valence-electron chi connectivity index (χ3n) is 3.72. The molecule has 25 heavy (non-hydrogen) atoms. The Morgan fingerprint density at radius 1 is 1.28 bits per heavy atom. The minimum atomic E-state index is 0.647. The van der Waals surface area contributed by atoms with Gasteiger partial charge in [-0.25, -0.2) is 4.98 Å². The first-order valence-corrected chi connectivity index (χ1v) is 9.07. The Balaban J connectivity index is 1.47. The normalized spacial score (nSPS) is 11.7. The average molecular weight is 357 g/mol. The molecule has 0 unspecified atom stereocenters. The van der Waals surface area contributed by atoms with E-state index in [4.69, 9.17) is 4.42 Å². The molecule has 0 saturated heterocycles.